The fraction of sp³-hybridized carbons (Fsp3) is 0.117. The zero-order valence-corrected chi connectivity index (χ0v) is 68.5. The van der Waals surface area contributed by atoms with Gasteiger partial charge in [0, 0.05) is 84.3 Å². The van der Waals surface area contributed by atoms with Crippen LogP contribution < -0.4 is 0 Å². The van der Waals surface area contributed by atoms with Gasteiger partial charge in [0.25, 0.3) is 0 Å². The predicted octanol–water partition coefficient (Wildman–Crippen LogP) is 22.6. The zero-order chi connectivity index (χ0) is 78.4. The topological polar surface area (TPSA) is 169 Å². The van der Waals surface area contributed by atoms with E-state index in [1.54, 1.807) is 18.6 Å². The molecule has 5 aromatic heterocycles. The number of hydrogen-bond acceptors (Lipinski definition) is 9. The first-order valence-electron chi connectivity index (χ1n) is 35.4. The van der Waals surface area contributed by atoms with Gasteiger partial charge in [0.15, 0.2) is 0 Å². The molecule has 0 aliphatic rings. The van der Waals surface area contributed by atoms with Crippen molar-refractivity contribution in [3.8, 4) is 90.2 Å². The second kappa shape index (κ2) is 43.9. The van der Waals surface area contributed by atoms with Crippen molar-refractivity contribution in [1.82, 2.24) is 34.1 Å². The summed E-state index contributed by atoms with van der Waals surface area (Å²) in [5.41, 5.74) is 19.3. The first-order chi connectivity index (χ1) is 53.4. The minimum Gasteiger partial charge on any atom is -0.400 e. The molecule has 12 nitrogen and oxygen atoms in total. The molecule has 0 saturated carbocycles. The van der Waals surface area contributed by atoms with Crippen molar-refractivity contribution in [3.63, 3.8) is 0 Å². The molecule has 574 valence electrons. The number of aliphatic hydroxyl groups is 2. The van der Waals surface area contributed by atoms with E-state index in [-0.39, 0.29) is 40.2 Å². The van der Waals surface area contributed by atoms with Crippen LogP contribution in [-0.4, -0.2) is 77.0 Å². The molecule has 0 fully saturated rings. The Morgan fingerprint density at radius 2 is 0.652 bits per heavy atom. The van der Waals surface area contributed by atoms with Crippen LogP contribution in [0.25, 0.3) is 112 Å². The van der Waals surface area contributed by atoms with Gasteiger partial charge in [-0.1, -0.05) is 191 Å². The average Bonchev–Trinajstić information content (AvgIpc) is 1.60. The number of para-hydroxylation sites is 2. The van der Waals surface area contributed by atoms with Gasteiger partial charge in [-0.2, -0.15) is 21.6 Å². The Kier molecular flexibility index (Phi) is 34.5. The molecular formula is C94H84F3Ir2N7O5S-4. The molecule has 16 rings (SSSR count). The van der Waals surface area contributed by atoms with Crippen molar-refractivity contribution in [3.05, 3.63) is 381 Å². The van der Waals surface area contributed by atoms with Crippen LogP contribution >= 0.6 is 0 Å². The van der Waals surface area contributed by atoms with E-state index in [2.05, 4.69) is 260 Å². The number of aromatic nitrogens is 7. The van der Waals surface area contributed by atoms with Gasteiger partial charge in [-0.3, -0.25) is 14.1 Å². The van der Waals surface area contributed by atoms with E-state index in [4.69, 9.17) is 33.2 Å². The monoisotopic (exact) mass is 1870 g/mol. The molecule has 0 bridgehead atoms. The van der Waals surface area contributed by atoms with E-state index in [0.717, 1.165) is 92.8 Å². The fourth-order valence-corrected chi connectivity index (χ4v) is 11.9. The third kappa shape index (κ3) is 23.6. The third-order valence-corrected chi connectivity index (χ3v) is 17.6. The number of pyridine rings is 3. The largest absolute Gasteiger partial charge is 0.522 e. The van der Waals surface area contributed by atoms with Gasteiger partial charge in [-0.25, -0.2) is 4.98 Å². The maximum absolute atomic E-state index is 10.7. The first-order valence-corrected chi connectivity index (χ1v) is 36.8. The van der Waals surface area contributed by atoms with Crippen molar-refractivity contribution in [1.29, 1.82) is 0 Å². The zero-order valence-electron chi connectivity index (χ0n) is 62.9. The Bertz CT molecular complexity index is 5050. The molecule has 2 radical (unpaired) electrons. The Morgan fingerprint density at radius 3 is 0.955 bits per heavy atom. The SMILES string of the molecule is CO.CO.Cc1cc2nc(-c3[c-]cccc3)n(-c3ccccc3C(C)C)c2cc1-c1ccccc1.Cc1cc2nc(-c3ccccc3)n(-c3ccccc3C(C)C)c2cc1-c1ccccc1.O=S(=O)(O)C(F)(F)F.[Ir].[Ir].[c-]1ccccc1-c1ccccn1.[c-]1ccccc1-c1ccccn1.[c-]1ccccc1-c1ccccn1. The van der Waals surface area contributed by atoms with Gasteiger partial charge >= 0.3 is 15.6 Å². The molecule has 0 atom stereocenters. The summed E-state index contributed by atoms with van der Waals surface area (Å²) in [7, 11) is -3.84. The number of aliphatic hydroxyl groups excluding tert-OH is 2. The maximum atomic E-state index is 10.7. The van der Waals surface area contributed by atoms with Crippen LogP contribution in [0, 0.1) is 38.1 Å². The molecule has 0 saturated heterocycles. The van der Waals surface area contributed by atoms with Crippen LogP contribution in [0.3, 0.4) is 0 Å². The normalized spacial score (nSPS) is 10.5. The Morgan fingerprint density at radius 1 is 0.366 bits per heavy atom. The van der Waals surface area contributed by atoms with Gasteiger partial charge in [-0.15, -0.1) is 144 Å². The van der Waals surface area contributed by atoms with Crippen molar-refractivity contribution < 1.29 is 76.6 Å². The van der Waals surface area contributed by atoms with E-state index in [0.29, 0.717) is 11.8 Å². The molecule has 0 aliphatic heterocycles. The van der Waals surface area contributed by atoms with Crippen molar-refractivity contribution in [2.24, 2.45) is 0 Å². The number of nitrogens with zero attached hydrogens (tertiary/aromatic N) is 7. The first kappa shape index (κ1) is 87.9. The van der Waals surface area contributed by atoms with Crippen molar-refractivity contribution in [2.45, 2.75) is 58.9 Å². The maximum Gasteiger partial charge on any atom is 0.522 e. The number of benzene rings is 11. The summed E-state index contributed by atoms with van der Waals surface area (Å²) >= 11 is 0. The van der Waals surface area contributed by atoms with Crippen LogP contribution in [0.15, 0.2) is 334 Å². The number of hydrogen-bond donors (Lipinski definition) is 3. The number of halogens is 3. The van der Waals surface area contributed by atoms with Crippen molar-refractivity contribution in [2.75, 3.05) is 14.2 Å². The molecular weight excluding hydrogens is 1780 g/mol. The number of alkyl halides is 3. The van der Waals surface area contributed by atoms with Gasteiger partial charge in [0.1, 0.15) is 5.82 Å². The van der Waals surface area contributed by atoms with E-state index in [1.165, 1.54) is 55.9 Å². The fourth-order valence-electron chi connectivity index (χ4n) is 11.9. The van der Waals surface area contributed by atoms with Crippen molar-refractivity contribution >= 4 is 32.2 Å². The van der Waals surface area contributed by atoms with Crippen LogP contribution in [0.1, 0.15) is 61.8 Å². The summed E-state index contributed by atoms with van der Waals surface area (Å²) in [4.78, 5) is 22.9. The summed E-state index contributed by atoms with van der Waals surface area (Å²) in [6.07, 6.45) is 5.36. The number of aryl methyl sites for hydroxylation is 2. The second-order valence-electron chi connectivity index (χ2n) is 25.0. The number of fused-ring (bicyclic) bond motifs is 2. The van der Waals surface area contributed by atoms with E-state index in [9.17, 15) is 13.2 Å². The summed E-state index contributed by atoms with van der Waals surface area (Å²) in [6.45, 7) is 13.3. The van der Waals surface area contributed by atoms with E-state index >= 15 is 0 Å². The van der Waals surface area contributed by atoms with Crippen LogP contribution in [-0.2, 0) is 50.3 Å². The second-order valence-corrected chi connectivity index (χ2v) is 26.5. The molecule has 0 unspecified atom stereocenters. The quantitative estimate of drug-likeness (QED) is 0.0644. The van der Waals surface area contributed by atoms with Gasteiger partial charge < -0.3 is 29.7 Å². The Hall–Kier alpha value is -11.3. The molecule has 5 heterocycles. The van der Waals surface area contributed by atoms with Crippen LogP contribution in [0.4, 0.5) is 13.2 Å². The predicted molar refractivity (Wildman–Crippen MR) is 440 cm³/mol. The van der Waals surface area contributed by atoms with Gasteiger partial charge in [-0.05, 0) is 142 Å². The Balaban J connectivity index is 0.000000198. The summed E-state index contributed by atoms with van der Waals surface area (Å²) < 4.78 is 62.2. The molecule has 3 N–H and O–H groups in total. The molecule has 11 aromatic carbocycles. The van der Waals surface area contributed by atoms with Crippen LogP contribution in [0.2, 0.25) is 0 Å². The summed E-state index contributed by atoms with van der Waals surface area (Å²) in [5.74, 6) is 2.72. The molecule has 0 spiro atoms. The van der Waals surface area contributed by atoms with Gasteiger partial charge in [0.05, 0.1) is 33.6 Å². The summed E-state index contributed by atoms with van der Waals surface area (Å²) in [5, 5.41) is 14.0. The molecule has 18 heteroatoms. The minimum atomic E-state index is -5.84. The molecule has 0 aliphatic carbocycles. The van der Waals surface area contributed by atoms with E-state index < -0.39 is 15.6 Å². The number of imidazole rings is 2. The molecule has 0 amide bonds. The Labute approximate surface area is 681 Å². The average molecular weight is 1870 g/mol. The van der Waals surface area contributed by atoms with Gasteiger partial charge in [0.2, 0.25) is 0 Å². The molecule has 112 heavy (non-hydrogen) atoms. The standard InChI is InChI=1S/C29H26N2.C29H25N2.3C11H8N.CHF3O3S.2CH4O.2Ir/c2*1-20(2)24-16-10-11-17-27(24)31-28-19-25(22-12-6-4-7-13-22)21(3)18-26(28)30-29(31)23-14-8-5-9-15-23;3*1-2-6-10(7-3-1)11-8-4-5-9-12-11;2-1(3,4)8(5,6)7;2*1-2;;/h4-20H,1-3H3;4-14,16-20H,1-3H3;3*1-6,8-9H;(H,5,6,7);2*2H,1H3;;/q;4*-1;;;;;. The smallest absolute Gasteiger partial charge is 0.400 e. The molecule has 16 aromatic rings. The van der Waals surface area contributed by atoms with Crippen LogP contribution in [0.5, 0.6) is 0 Å². The third-order valence-electron chi connectivity index (χ3n) is 17.0. The summed E-state index contributed by atoms with van der Waals surface area (Å²) in [6, 6.07) is 120. The van der Waals surface area contributed by atoms with E-state index in [1.807, 2.05) is 146 Å². The number of rotatable bonds is 11. The minimum absolute atomic E-state index is 0.